The van der Waals surface area contributed by atoms with Crippen molar-refractivity contribution >= 4 is 27.4 Å². The second-order valence-corrected chi connectivity index (χ2v) is 6.81. The highest BCUT2D eigenvalue weighted by Gasteiger charge is 2.40. The Labute approximate surface area is 129 Å². The fourth-order valence-electron chi connectivity index (χ4n) is 3.43. The molecule has 0 saturated heterocycles. The smallest absolute Gasteiger partial charge is 0.164 e. The number of rotatable bonds is 4. The zero-order valence-electron chi connectivity index (χ0n) is 13.0. The van der Waals surface area contributed by atoms with Crippen molar-refractivity contribution < 1.29 is 4.74 Å². The number of thiophene rings is 1. The van der Waals surface area contributed by atoms with E-state index in [-0.39, 0.29) is 5.60 Å². The molecule has 0 aromatic carbocycles. The Morgan fingerprint density at radius 2 is 2.33 bits per heavy atom. The van der Waals surface area contributed by atoms with Crippen LogP contribution in [0, 0.1) is 5.92 Å². The van der Waals surface area contributed by atoms with E-state index in [0.717, 1.165) is 34.7 Å². The van der Waals surface area contributed by atoms with Crippen molar-refractivity contribution in [1.29, 1.82) is 0 Å². The minimum Gasteiger partial charge on any atom is -0.372 e. The van der Waals surface area contributed by atoms with Crippen LogP contribution in [0.1, 0.15) is 45.4 Å². The zero-order chi connectivity index (χ0) is 14.9. The lowest BCUT2D eigenvalue weighted by atomic mass is 9.78. The van der Waals surface area contributed by atoms with Gasteiger partial charge in [0.05, 0.1) is 5.39 Å². The first-order chi connectivity index (χ1) is 10.2. The highest BCUT2D eigenvalue weighted by molar-refractivity contribution is 7.16. The quantitative estimate of drug-likeness (QED) is 0.920. The molecule has 21 heavy (non-hydrogen) atoms. The van der Waals surface area contributed by atoms with Gasteiger partial charge in [-0.05, 0) is 43.6 Å². The van der Waals surface area contributed by atoms with Crippen LogP contribution in [0.5, 0.6) is 0 Å². The predicted molar refractivity (Wildman–Crippen MR) is 87.9 cm³/mol. The van der Waals surface area contributed by atoms with E-state index in [2.05, 4.69) is 30.6 Å². The molecule has 2 aromatic heterocycles. The normalized spacial score (nSPS) is 26.1. The van der Waals surface area contributed by atoms with Gasteiger partial charge in [-0.15, -0.1) is 11.3 Å². The number of nitrogens with one attached hydrogen (secondary N) is 1. The summed E-state index contributed by atoms with van der Waals surface area (Å²) in [7, 11) is 1.92. The molecule has 0 aliphatic heterocycles. The molecule has 0 radical (unpaired) electrons. The molecule has 2 heterocycles. The fourth-order valence-corrected chi connectivity index (χ4v) is 4.19. The monoisotopic (exact) mass is 305 g/mol. The highest BCUT2D eigenvalue weighted by Crippen LogP contribution is 2.42. The fraction of sp³-hybridized carbons (Fsp3) is 0.625. The summed E-state index contributed by atoms with van der Waals surface area (Å²) in [5, 5.41) is 6.38. The van der Waals surface area contributed by atoms with Crippen molar-refractivity contribution in [1.82, 2.24) is 9.97 Å². The van der Waals surface area contributed by atoms with Crippen molar-refractivity contribution in [2.45, 2.75) is 45.1 Å². The van der Waals surface area contributed by atoms with E-state index in [4.69, 9.17) is 14.7 Å². The minimum atomic E-state index is -0.309. The summed E-state index contributed by atoms with van der Waals surface area (Å²) in [6.07, 6.45) is 4.49. The summed E-state index contributed by atoms with van der Waals surface area (Å²) in [5.41, 5.74) is -0.309. The first kappa shape index (κ1) is 14.7. The van der Waals surface area contributed by atoms with Gasteiger partial charge in [0.2, 0.25) is 0 Å². The lowest BCUT2D eigenvalue weighted by Gasteiger charge is -2.38. The van der Waals surface area contributed by atoms with Gasteiger partial charge >= 0.3 is 0 Å². The van der Waals surface area contributed by atoms with Crippen LogP contribution < -0.4 is 5.32 Å². The number of fused-ring (bicyclic) bond motifs is 1. The highest BCUT2D eigenvalue weighted by atomic mass is 32.1. The third-order valence-electron chi connectivity index (χ3n) is 4.35. The van der Waals surface area contributed by atoms with Gasteiger partial charge in [-0.1, -0.05) is 13.3 Å². The number of nitrogens with zero attached hydrogens (tertiary/aromatic N) is 2. The Morgan fingerprint density at radius 1 is 1.48 bits per heavy atom. The van der Waals surface area contributed by atoms with Crippen LogP contribution in [0.25, 0.3) is 10.2 Å². The van der Waals surface area contributed by atoms with Crippen LogP contribution >= 0.6 is 11.3 Å². The third-order valence-corrected chi connectivity index (χ3v) is 5.15. The molecule has 2 atom stereocenters. The maximum atomic E-state index is 6.20. The van der Waals surface area contributed by atoms with Gasteiger partial charge in [0.25, 0.3) is 0 Å². The largest absolute Gasteiger partial charge is 0.372 e. The lowest BCUT2D eigenvalue weighted by Crippen LogP contribution is -2.37. The SMILES string of the molecule is CCOC1(c2nc(NC)c3ccsc3n2)CCCC(C)C1. The Hall–Kier alpha value is -1.20. The molecule has 3 rings (SSSR count). The Bertz CT molecular complexity index is 623. The van der Waals surface area contributed by atoms with Crippen LogP contribution in [0.3, 0.4) is 0 Å². The van der Waals surface area contributed by atoms with Gasteiger partial charge in [-0.2, -0.15) is 0 Å². The van der Waals surface area contributed by atoms with Gasteiger partial charge in [-0.25, -0.2) is 9.97 Å². The zero-order valence-corrected chi connectivity index (χ0v) is 13.8. The molecule has 0 spiro atoms. The van der Waals surface area contributed by atoms with Crippen LogP contribution in [0.2, 0.25) is 0 Å². The van der Waals surface area contributed by atoms with Gasteiger partial charge in [0, 0.05) is 13.7 Å². The molecule has 1 fully saturated rings. The summed E-state index contributed by atoms with van der Waals surface area (Å²) in [6.45, 7) is 5.06. The maximum Gasteiger partial charge on any atom is 0.164 e. The van der Waals surface area contributed by atoms with Crippen LogP contribution in [0.15, 0.2) is 11.4 Å². The average Bonchev–Trinajstić information content (AvgIpc) is 2.95. The Morgan fingerprint density at radius 3 is 3.05 bits per heavy atom. The lowest BCUT2D eigenvalue weighted by molar-refractivity contribution is -0.0877. The second-order valence-electron chi connectivity index (χ2n) is 5.91. The minimum absolute atomic E-state index is 0.309. The van der Waals surface area contributed by atoms with Crippen molar-refractivity contribution in [2.24, 2.45) is 5.92 Å². The molecule has 1 N–H and O–H groups in total. The summed E-state index contributed by atoms with van der Waals surface area (Å²) in [4.78, 5) is 10.7. The van der Waals surface area contributed by atoms with E-state index in [1.807, 2.05) is 7.05 Å². The van der Waals surface area contributed by atoms with Crippen molar-refractivity contribution in [3.63, 3.8) is 0 Å². The van der Waals surface area contributed by atoms with E-state index in [9.17, 15) is 0 Å². The Kier molecular flexibility index (Phi) is 4.13. The summed E-state index contributed by atoms with van der Waals surface area (Å²) in [6, 6.07) is 2.08. The topological polar surface area (TPSA) is 47.0 Å². The number of anilines is 1. The standard InChI is InChI=1S/C16H23N3OS/c1-4-20-16(8-5-6-11(2)10-16)15-18-13(17-3)12-7-9-21-14(12)19-15/h7,9,11H,4-6,8,10H2,1-3H3,(H,17,18,19). The average molecular weight is 305 g/mol. The molecule has 5 heteroatoms. The first-order valence-corrected chi connectivity index (χ1v) is 8.64. The molecule has 2 aromatic rings. The molecule has 2 unspecified atom stereocenters. The molecule has 114 valence electrons. The van der Waals surface area contributed by atoms with Crippen LogP contribution in [0.4, 0.5) is 5.82 Å². The van der Waals surface area contributed by atoms with E-state index in [1.165, 1.54) is 12.8 Å². The van der Waals surface area contributed by atoms with Crippen LogP contribution in [-0.4, -0.2) is 23.6 Å². The maximum absolute atomic E-state index is 6.20. The van der Waals surface area contributed by atoms with E-state index in [0.29, 0.717) is 12.5 Å². The number of hydrogen-bond acceptors (Lipinski definition) is 5. The number of hydrogen-bond donors (Lipinski definition) is 1. The van der Waals surface area contributed by atoms with E-state index in [1.54, 1.807) is 11.3 Å². The van der Waals surface area contributed by atoms with Gasteiger partial charge < -0.3 is 10.1 Å². The van der Waals surface area contributed by atoms with Gasteiger partial charge in [0.15, 0.2) is 5.82 Å². The number of ether oxygens (including phenoxy) is 1. The molecule has 4 nitrogen and oxygen atoms in total. The molecule has 0 bridgehead atoms. The molecular weight excluding hydrogens is 282 g/mol. The van der Waals surface area contributed by atoms with Crippen molar-refractivity contribution in [3.8, 4) is 0 Å². The van der Waals surface area contributed by atoms with E-state index < -0.39 is 0 Å². The van der Waals surface area contributed by atoms with E-state index >= 15 is 0 Å². The van der Waals surface area contributed by atoms with Gasteiger partial charge in [0.1, 0.15) is 16.2 Å². The summed E-state index contributed by atoms with van der Waals surface area (Å²) >= 11 is 1.67. The molecule has 1 saturated carbocycles. The molecule has 1 aliphatic carbocycles. The second kappa shape index (κ2) is 5.89. The third kappa shape index (κ3) is 2.64. The summed E-state index contributed by atoms with van der Waals surface area (Å²) in [5.74, 6) is 2.43. The molecule has 0 amide bonds. The summed E-state index contributed by atoms with van der Waals surface area (Å²) < 4.78 is 6.20. The van der Waals surface area contributed by atoms with Gasteiger partial charge in [-0.3, -0.25) is 0 Å². The number of aromatic nitrogens is 2. The first-order valence-electron chi connectivity index (χ1n) is 7.76. The van der Waals surface area contributed by atoms with Crippen molar-refractivity contribution in [2.75, 3.05) is 19.0 Å². The Balaban J connectivity index is 2.10. The molecular formula is C16H23N3OS. The molecule has 1 aliphatic rings. The van der Waals surface area contributed by atoms with Crippen LogP contribution in [-0.2, 0) is 10.3 Å². The van der Waals surface area contributed by atoms with Crippen molar-refractivity contribution in [3.05, 3.63) is 17.3 Å². The predicted octanol–water partition coefficient (Wildman–Crippen LogP) is 4.17.